The first-order valence-electron chi connectivity index (χ1n) is 6.46. The molecule has 3 aromatic carbocycles. The Kier molecular flexibility index (Phi) is 2.98. The maximum absolute atomic E-state index is 6.14. The van der Waals surface area contributed by atoms with Crippen LogP contribution >= 0.6 is 27.5 Å². The van der Waals surface area contributed by atoms with Crippen molar-refractivity contribution in [3.63, 3.8) is 0 Å². The second-order valence-corrected chi connectivity index (χ2v) is 6.04. The van der Waals surface area contributed by atoms with E-state index in [-0.39, 0.29) is 0 Å². The molecule has 0 amide bonds. The summed E-state index contributed by atoms with van der Waals surface area (Å²) >= 11 is 9.53. The summed E-state index contributed by atoms with van der Waals surface area (Å²) in [7, 11) is 0. The van der Waals surface area contributed by atoms with Crippen molar-refractivity contribution < 1.29 is 4.42 Å². The van der Waals surface area contributed by atoms with Gasteiger partial charge in [-0.1, -0.05) is 41.9 Å². The molecule has 0 bridgehead atoms. The molecule has 102 valence electrons. The lowest BCUT2D eigenvalue weighted by atomic mass is 10.1. The molecule has 0 fully saturated rings. The predicted octanol–water partition coefficient (Wildman–Crippen LogP) is 6.06. The summed E-state index contributed by atoms with van der Waals surface area (Å²) < 4.78 is 6.73. The Morgan fingerprint density at radius 3 is 2.71 bits per heavy atom. The van der Waals surface area contributed by atoms with Crippen molar-refractivity contribution >= 4 is 49.4 Å². The summed E-state index contributed by atoms with van der Waals surface area (Å²) in [5.41, 5.74) is 2.52. The van der Waals surface area contributed by atoms with Gasteiger partial charge in [0.25, 0.3) is 0 Å². The Hall–Kier alpha value is -1.84. The summed E-state index contributed by atoms with van der Waals surface area (Å²) in [6.07, 6.45) is 0. The molecule has 0 spiro atoms. The molecule has 0 atom stereocenters. The first-order chi connectivity index (χ1) is 10.2. The molecular weight excluding hydrogens is 350 g/mol. The minimum Gasteiger partial charge on any atom is -0.436 e. The van der Waals surface area contributed by atoms with Gasteiger partial charge in [0.1, 0.15) is 5.52 Å². The van der Waals surface area contributed by atoms with Crippen LogP contribution in [0.1, 0.15) is 0 Å². The average Bonchev–Trinajstić information content (AvgIpc) is 2.94. The molecule has 4 rings (SSSR count). The van der Waals surface area contributed by atoms with Gasteiger partial charge < -0.3 is 4.42 Å². The monoisotopic (exact) mass is 357 g/mol. The normalized spacial score (nSPS) is 11.3. The number of benzene rings is 3. The summed E-state index contributed by atoms with van der Waals surface area (Å²) in [6.45, 7) is 0. The minimum atomic E-state index is 0.579. The fourth-order valence-electron chi connectivity index (χ4n) is 2.41. The van der Waals surface area contributed by atoms with Crippen molar-refractivity contribution in [2.45, 2.75) is 0 Å². The molecule has 0 aliphatic heterocycles. The molecule has 0 radical (unpaired) electrons. The van der Waals surface area contributed by atoms with E-state index in [1.165, 1.54) is 0 Å². The Morgan fingerprint density at radius 2 is 1.86 bits per heavy atom. The fourth-order valence-corrected chi connectivity index (χ4v) is 2.84. The van der Waals surface area contributed by atoms with Crippen molar-refractivity contribution in [3.8, 4) is 11.5 Å². The van der Waals surface area contributed by atoms with Crippen LogP contribution in [0.3, 0.4) is 0 Å². The van der Waals surface area contributed by atoms with Crippen molar-refractivity contribution in [2.75, 3.05) is 0 Å². The van der Waals surface area contributed by atoms with E-state index in [0.717, 1.165) is 31.9 Å². The zero-order valence-corrected chi connectivity index (χ0v) is 13.1. The molecule has 1 aromatic heterocycles. The highest BCUT2D eigenvalue weighted by atomic mass is 79.9. The molecule has 0 saturated heterocycles. The lowest BCUT2D eigenvalue weighted by molar-refractivity contribution is 0.620. The van der Waals surface area contributed by atoms with Crippen LogP contribution < -0.4 is 0 Å². The molecule has 0 saturated carbocycles. The van der Waals surface area contributed by atoms with Gasteiger partial charge in [-0.15, -0.1) is 0 Å². The van der Waals surface area contributed by atoms with Crippen molar-refractivity contribution in [3.05, 3.63) is 64.1 Å². The van der Waals surface area contributed by atoms with E-state index in [1.54, 1.807) is 0 Å². The van der Waals surface area contributed by atoms with Crippen molar-refractivity contribution in [2.24, 2.45) is 0 Å². The van der Waals surface area contributed by atoms with Gasteiger partial charge in [0.2, 0.25) is 5.89 Å². The highest BCUT2D eigenvalue weighted by Gasteiger charge is 2.11. The number of hydrogen-bond acceptors (Lipinski definition) is 2. The van der Waals surface area contributed by atoms with E-state index < -0.39 is 0 Å². The van der Waals surface area contributed by atoms with E-state index in [0.29, 0.717) is 10.9 Å². The topological polar surface area (TPSA) is 26.0 Å². The molecule has 21 heavy (non-hydrogen) atoms. The highest BCUT2D eigenvalue weighted by Crippen LogP contribution is 2.32. The van der Waals surface area contributed by atoms with Crippen LogP contribution in [0, 0.1) is 0 Å². The fraction of sp³-hybridized carbons (Fsp3) is 0. The number of oxazole rings is 1. The molecule has 0 unspecified atom stereocenters. The van der Waals surface area contributed by atoms with Crippen molar-refractivity contribution in [1.29, 1.82) is 0 Å². The third kappa shape index (κ3) is 2.13. The van der Waals surface area contributed by atoms with Crippen molar-refractivity contribution in [1.82, 2.24) is 4.98 Å². The third-order valence-electron chi connectivity index (χ3n) is 3.45. The van der Waals surface area contributed by atoms with Gasteiger partial charge >= 0.3 is 0 Å². The van der Waals surface area contributed by atoms with Gasteiger partial charge in [-0.3, -0.25) is 0 Å². The minimum absolute atomic E-state index is 0.579. The number of hydrogen-bond donors (Lipinski definition) is 0. The summed E-state index contributed by atoms with van der Waals surface area (Å²) in [6, 6.07) is 17.8. The largest absolute Gasteiger partial charge is 0.436 e. The molecule has 0 aliphatic rings. The Morgan fingerprint density at radius 1 is 1.00 bits per heavy atom. The van der Waals surface area contributed by atoms with Crippen LogP contribution in [-0.4, -0.2) is 4.98 Å². The zero-order chi connectivity index (χ0) is 14.4. The van der Waals surface area contributed by atoms with Crippen LogP contribution in [0.15, 0.2) is 63.5 Å². The van der Waals surface area contributed by atoms with Gasteiger partial charge in [0.15, 0.2) is 5.58 Å². The van der Waals surface area contributed by atoms with E-state index >= 15 is 0 Å². The standard InChI is InChI=1S/C17H9BrClNO/c18-13-7-5-11(9-14(13)19)17-20-16-12-4-2-1-3-10(12)6-8-15(16)21-17/h1-9H. The highest BCUT2D eigenvalue weighted by molar-refractivity contribution is 9.10. The molecular formula is C17H9BrClNO. The molecule has 2 nitrogen and oxygen atoms in total. The Balaban J connectivity index is 1.98. The van der Waals surface area contributed by atoms with E-state index in [9.17, 15) is 0 Å². The van der Waals surface area contributed by atoms with E-state index in [4.69, 9.17) is 16.0 Å². The summed E-state index contributed by atoms with van der Waals surface area (Å²) in [5, 5.41) is 2.88. The van der Waals surface area contributed by atoms with Crippen LogP contribution in [0.4, 0.5) is 0 Å². The van der Waals surface area contributed by atoms with Gasteiger partial charge in [-0.25, -0.2) is 4.98 Å². The smallest absolute Gasteiger partial charge is 0.227 e. The van der Waals surface area contributed by atoms with Gasteiger partial charge in [-0.2, -0.15) is 0 Å². The van der Waals surface area contributed by atoms with Gasteiger partial charge in [0, 0.05) is 15.4 Å². The molecule has 4 heteroatoms. The lowest BCUT2D eigenvalue weighted by Crippen LogP contribution is -1.78. The second kappa shape index (κ2) is 4.86. The number of aromatic nitrogens is 1. The number of fused-ring (bicyclic) bond motifs is 3. The van der Waals surface area contributed by atoms with Gasteiger partial charge in [-0.05, 0) is 45.6 Å². The summed E-state index contributed by atoms with van der Waals surface area (Å²) in [5.74, 6) is 0.579. The number of rotatable bonds is 1. The maximum Gasteiger partial charge on any atom is 0.227 e. The first kappa shape index (κ1) is 12.9. The Labute approximate surface area is 134 Å². The maximum atomic E-state index is 6.14. The third-order valence-corrected chi connectivity index (χ3v) is 4.68. The first-order valence-corrected chi connectivity index (χ1v) is 7.63. The van der Waals surface area contributed by atoms with Crippen LogP contribution in [-0.2, 0) is 0 Å². The van der Waals surface area contributed by atoms with Crippen LogP contribution in [0.2, 0.25) is 5.02 Å². The number of halogens is 2. The zero-order valence-electron chi connectivity index (χ0n) is 10.8. The summed E-state index contributed by atoms with van der Waals surface area (Å²) in [4.78, 5) is 4.64. The van der Waals surface area contributed by atoms with Gasteiger partial charge in [0.05, 0.1) is 5.02 Å². The SMILES string of the molecule is Clc1cc(-c2nc3c(ccc4ccccc43)o2)ccc1Br. The predicted molar refractivity (Wildman–Crippen MR) is 89.7 cm³/mol. The molecule has 0 aliphatic carbocycles. The number of nitrogens with zero attached hydrogens (tertiary/aromatic N) is 1. The quantitative estimate of drug-likeness (QED) is 0.413. The lowest BCUT2D eigenvalue weighted by Gasteiger charge is -1.98. The molecule has 1 heterocycles. The molecule has 4 aromatic rings. The second-order valence-electron chi connectivity index (χ2n) is 4.78. The average molecular weight is 359 g/mol. The van der Waals surface area contributed by atoms with E-state index in [2.05, 4.69) is 33.0 Å². The Bertz CT molecular complexity index is 977. The van der Waals surface area contributed by atoms with Crippen LogP contribution in [0.5, 0.6) is 0 Å². The molecule has 0 N–H and O–H groups in total. The van der Waals surface area contributed by atoms with E-state index in [1.807, 2.05) is 42.5 Å². The van der Waals surface area contributed by atoms with Crippen LogP contribution in [0.25, 0.3) is 33.3 Å².